The maximum atomic E-state index is 3.77. The van der Waals surface area contributed by atoms with Gasteiger partial charge in [0.2, 0.25) is 0 Å². The smallest absolute Gasteiger partial charge is 0.0330 e. The van der Waals surface area contributed by atoms with Gasteiger partial charge in [-0.1, -0.05) is 6.92 Å². The molecule has 0 amide bonds. The number of hydrogen-bond acceptors (Lipinski definition) is 3. The van der Waals surface area contributed by atoms with Crippen LogP contribution in [-0.2, 0) is 0 Å². The molecule has 1 saturated carbocycles. The summed E-state index contributed by atoms with van der Waals surface area (Å²) in [6.45, 7) is 4.80. The zero-order valence-electron chi connectivity index (χ0n) is 13.7. The van der Waals surface area contributed by atoms with Crippen molar-refractivity contribution in [2.24, 2.45) is 0 Å². The molecule has 2 unspecified atom stereocenters. The Kier molecular flexibility index (Phi) is 4.40. The highest BCUT2D eigenvalue weighted by molar-refractivity contribution is 5.05. The summed E-state index contributed by atoms with van der Waals surface area (Å²) in [5, 5.41) is 3.77. The standard InChI is InChI=1S/C17H33N3/c1-4-10-18-14-11-15-6-7-16(12-14)20(15)13-17(19(2)3)8-5-9-17/h14-16,18H,4-13H2,1-3H3. The molecule has 20 heavy (non-hydrogen) atoms. The summed E-state index contributed by atoms with van der Waals surface area (Å²) in [4.78, 5) is 5.40. The first-order valence-corrected chi connectivity index (χ1v) is 8.81. The van der Waals surface area contributed by atoms with Crippen molar-refractivity contribution in [3.63, 3.8) is 0 Å². The van der Waals surface area contributed by atoms with Crippen LogP contribution in [0.3, 0.4) is 0 Å². The Morgan fingerprint density at radius 1 is 1.15 bits per heavy atom. The Morgan fingerprint density at radius 2 is 1.80 bits per heavy atom. The first-order valence-electron chi connectivity index (χ1n) is 8.81. The first kappa shape index (κ1) is 14.8. The molecule has 3 rings (SSSR count). The van der Waals surface area contributed by atoms with Crippen molar-refractivity contribution >= 4 is 0 Å². The summed E-state index contributed by atoms with van der Waals surface area (Å²) < 4.78 is 0. The van der Waals surface area contributed by atoms with Crippen LogP contribution in [0.25, 0.3) is 0 Å². The van der Waals surface area contributed by atoms with E-state index in [1.807, 2.05) is 0 Å². The third-order valence-electron chi connectivity index (χ3n) is 6.28. The van der Waals surface area contributed by atoms with Crippen LogP contribution >= 0.6 is 0 Å². The van der Waals surface area contributed by atoms with Gasteiger partial charge in [0.15, 0.2) is 0 Å². The Balaban J connectivity index is 1.59. The molecule has 2 atom stereocenters. The molecule has 1 N–H and O–H groups in total. The Morgan fingerprint density at radius 3 is 2.25 bits per heavy atom. The van der Waals surface area contributed by atoms with Crippen molar-refractivity contribution < 1.29 is 0 Å². The zero-order chi connectivity index (χ0) is 14.2. The van der Waals surface area contributed by atoms with Gasteiger partial charge in [-0.05, 0) is 72.0 Å². The van der Waals surface area contributed by atoms with E-state index in [0.29, 0.717) is 5.54 Å². The Bertz CT molecular complexity index is 310. The lowest BCUT2D eigenvalue weighted by Gasteiger charge is -2.52. The Labute approximate surface area is 125 Å². The summed E-state index contributed by atoms with van der Waals surface area (Å²) in [7, 11) is 4.58. The molecule has 3 nitrogen and oxygen atoms in total. The molecule has 0 aromatic rings. The van der Waals surface area contributed by atoms with Crippen molar-refractivity contribution in [3.05, 3.63) is 0 Å². The summed E-state index contributed by atoms with van der Waals surface area (Å²) in [5.41, 5.74) is 0.504. The molecule has 3 fully saturated rings. The van der Waals surface area contributed by atoms with Gasteiger partial charge in [-0.25, -0.2) is 0 Å². The molecule has 0 aromatic carbocycles. The van der Waals surface area contributed by atoms with Gasteiger partial charge in [0.05, 0.1) is 0 Å². The number of piperidine rings is 1. The van der Waals surface area contributed by atoms with E-state index in [9.17, 15) is 0 Å². The molecule has 2 heterocycles. The second kappa shape index (κ2) is 5.94. The van der Waals surface area contributed by atoms with E-state index < -0.39 is 0 Å². The zero-order valence-corrected chi connectivity index (χ0v) is 13.7. The molecular weight excluding hydrogens is 246 g/mol. The minimum atomic E-state index is 0.504. The van der Waals surface area contributed by atoms with E-state index in [1.165, 1.54) is 64.5 Å². The van der Waals surface area contributed by atoms with Crippen LogP contribution in [0.5, 0.6) is 0 Å². The van der Waals surface area contributed by atoms with E-state index in [-0.39, 0.29) is 0 Å². The lowest BCUT2D eigenvalue weighted by molar-refractivity contribution is -0.0102. The fourth-order valence-electron chi connectivity index (χ4n) is 4.72. The molecule has 1 aliphatic carbocycles. The largest absolute Gasteiger partial charge is 0.314 e. The number of likely N-dealkylation sites (N-methyl/N-ethyl adjacent to an activating group) is 1. The van der Waals surface area contributed by atoms with E-state index in [4.69, 9.17) is 0 Å². The van der Waals surface area contributed by atoms with E-state index in [2.05, 4.69) is 36.1 Å². The van der Waals surface area contributed by atoms with Crippen molar-refractivity contribution in [1.82, 2.24) is 15.1 Å². The topological polar surface area (TPSA) is 18.5 Å². The van der Waals surface area contributed by atoms with Crippen LogP contribution in [0, 0.1) is 0 Å². The number of rotatable bonds is 6. The van der Waals surface area contributed by atoms with E-state index in [0.717, 1.165) is 18.1 Å². The Hall–Kier alpha value is -0.120. The van der Waals surface area contributed by atoms with Gasteiger partial charge in [-0.15, -0.1) is 0 Å². The lowest BCUT2D eigenvalue weighted by Crippen LogP contribution is -2.61. The lowest BCUT2D eigenvalue weighted by atomic mass is 9.74. The van der Waals surface area contributed by atoms with Crippen LogP contribution < -0.4 is 5.32 Å². The van der Waals surface area contributed by atoms with E-state index in [1.54, 1.807) is 0 Å². The molecule has 3 aliphatic rings. The maximum Gasteiger partial charge on any atom is 0.0330 e. The summed E-state index contributed by atoms with van der Waals surface area (Å²) in [6.07, 6.45) is 11.2. The highest BCUT2D eigenvalue weighted by Gasteiger charge is 2.47. The second-order valence-corrected chi connectivity index (χ2v) is 7.65. The van der Waals surface area contributed by atoms with Crippen LogP contribution in [0.1, 0.15) is 58.3 Å². The summed E-state index contributed by atoms with van der Waals surface area (Å²) in [6, 6.07) is 2.52. The van der Waals surface area contributed by atoms with Gasteiger partial charge in [0.1, 0.15) is 0 Å². The van der Waals surface area contributed by atoms with Crippen LogP contribution in [0.2, 0.25) is 0 Å². The van der Waals surface area contributed by atoms with Crippen molar-refractivity contribution in [3.8, 4) is 0 Å². The molecule has 0 aromatic heterocycles. The van der Waals surface area contributed by atoms with Gasteiger partial charge in [-0.2, -0.15) is 0 Å². The average molecular weight is 279 g/mol. The predicted octanol–water partition coefficient (Wildman–Crippen LogP) is 2.47. The molecular formula is C17H33N3. The van der Waals surface area contributed by atoms with Gasteiger partial charge in [0.25, 0.3) is 0 Å². The number of nitrogens with one attached hydrogen (secondary N) is 1. The highest BCUT2D eigenvalue weighted by Crippen LogP contribution is 2.42. The fraction of sp³-hybridized carbons (Fsp3) is 1.00. The predicted molar refractivity (Wildman–Crippen MR) is 85.1 cm³/mol. The fourth-order valence-corrected chi connectivity index (χ4v) is 4.72. The first-order chi connectivity index (χ1) is 9.64. The molecule has 0 radical (unpaired) electrons. The normalized spacial score (nSPS) is 36.3. The van der Waals surface area contributed by atoms with Gasteiger partial charge in [-0.3, -0.25) is 4.90 Å². The molecule has 0 spiro atoms. The quantitative estimate of drug-likeness (QED) is 0.806. The maximum absolute atomic E-state index is 3.77. The van der Waals surface area contributed by atoms with Crippen molar-refractivity contribution in [2.75, 3.05) is 27.2 Å². The SMILES string of the molecule is CCCNC1CC2CCC(C1)N2CC1(N(C)C)CCC1. The summed E-state index contributed by atoms with van der Waals surface area (Å²) in [5.74, 6) is 0. The van der Waals surface area contributed by atoms with Gasteiger partial charge < -0.3 is 10.2 Å². The molecule has 2 aliphatic heterocycles. The van der Waals surface area contributed by atoms with Gasteiger partial charge >= 0.3 is 0 Å². The number of fused-ring (bicyclic) bond motifs is 2. The van der Waals surface area contributed by atoms with Crippen LogP contribution in [0.15, 0.2) is 0 Å². The van der Waals surface area contributed by atoms with E-state index >= 15 is 0 Å². The monoisotopic (exact) mass is 279 g/mol. The van der Waals surface area contributed by atoms with Gasteiger partial charge in [0, 0.05) is 30.2 Å². The van der Waals surface area contributed by atoms with Crippen molar-refractivity contribution in [2.45, 2.75) is 82.0 Å². The summed E-state index contributed by atoms with van der Waals surface area (Å²) >= 11 is 0. The van der Waals surface area contributed by atoms with Crippen LogP contribution in [-0.4, -0.2) is 60.6 Å². The van der Waals surface area contributed by atoms with Crippen LogP contribution in [0.4, 0.5) is 0 Å². The highest BCUT2D eigenvalue weighted by atomic mass is 15.3. The minimum absolute atomic E-state index is 0.504. The third kappa shape index (κ3) is 2.65. The third-order valence-corrected chi connectivity index (χ3v) is 6.28. The molecule has 3 heteroatoms. The average Bonchev–Trinajstić information content (AvgIpc) is 2.60. The van der Waals surface area contributed by atoms with Crippen molar-refractivity contribution in [1.29, 1.82) is 0 Å². The number of nitrogens with zero attached hydrogens (tertiary/aromatic N) is 2. The number of hydrogen-bond donors (Lipinski definition) is 1. The molecule has 116 valence electrons. The molecule has 2 bridgehead atoms. The molecule has 2 saturated heterocycles. The minimum Gasteiger partial charge on any atom is -0.314 e. The second-order valence-electron chi connectivity index (χ2n) is 7.65.